The summed E-state index contributed by atoms with van der Waals surface area (Å²) in [5.41, 5.74) is 4.15. The maximum absolute atomic E-state index is 12.4. The first kappa shape index (κ1) is 27.2. The van der Waals surface area contributed by atoms with Gasteiger partial charge in [-0.2, -0.15) is 5.21 Å². The molecule has 0 saturated heterocycles. The predicted molar refractivity (Wildman–Crippen MR) is 157 cm³/mol. The van der Waals surface area contributed by atoms with E-state index in [-0.39, 0.29) is 31.1 Å². The van der Waals surface area contributed by atoms with Gasteiger partial charge in [0.05, 0.1) is 24.6 Å². The Morgan fingerprint density at radius 2 is 1.91 bits per heavy atom. The number of carbonyl (C=O) groups is 1. The normalized spacial score (nSPS) is 11.9. The number of urea groups is 1. The van der Waals surface area contributed by atoms with Gasteiger partial charge < -0.3 is 29.6 Å². The summed E-state index contributed by atoms with van der Waals surface area (Å²) >= 11 is 0. The predicted octanol–water partition coefficient (Wildman–Crippen LogP) is 5.00. The Morgan fingerprint density at radius 1 is 1.07 bits per heavy atom. The number of carbonyl (C=O) groups excluding carboxylic acids is 1. The number of pyridine rings is 2. The Bertz CT molecular complexity index is 1760. The van der Waals surface area contributed by atoms with Crippen LogP contribution in [0.4, 0.5) is 10.5 Å². The molecule has 0 saturated carbocycles. The highest BCUT2D eigenvalue weighted by Gasteiger charge is 2.25. The van der Waals surface area contributed by atoms with Gasteiger partial charge in [-0.15, -0.1) is 10.2 Å². The average Bonchev–Trinajstić information content (AvgIpc) is 3.73. The number of ether oxygens (including phenoxy) is 4. The lowest BCUT2D eigenvalue weighted by Gasteiger charge is -2.18. The molecule has 13 heteroatoms. The number of aryl methyl sites for hydroxylation is 1. The number of H-pyrrole nitrogens is 1. The van der Waals surface area contributed by atoms with Crippen molar-refractivity contribution in [2.24, 2.45) is 0 Å². The van der Waals surface area contributed by atoms with Crippen LogP contribution in [0.3, 0.4) is 0 Å². The minimum Gasteiger partial charge on any atom is -0.497 e. The molecule has 3 N–H and O–H groups in total. The molecule has 0 aliphatic carbocycles. The quantitative estimate of drug-likeness (QED) is 0.217. The summed E-state index contributed by atoms with van der Waals surface area (Å²) in [4.78, 5) is 21.2. The molecule has 13 nitrogen and oxygen atoms in total. The highest BCUT2D eigenvalue weighted by Crippen LogP contribution is 2.44. The van der Waals surface area contributed by atoms with Crippen LogP contribution in [0.5, 0.6) is 28.9 Å². The summed E-state index contributed by atoms with van der Waals surface area (Å²) in [5.74, 6) is 2.97. The van der Waals surface area contributed by atoms with E-state index in [4.69, 9.17) is 23.9 Å². The van der Waals surface area contributed by atoms with Crippen molar-refractivity contribution in [2.45, 2.75) is 6.92 Å². The number of benzene rings is 2. The summed E-state index contributed by atoms with van der Waals surface area (Å²) in [6.07, 6.45) is 6.92. The number of hydrogen-bond acceptors (Lipinski definition) is 10. The fourth-order valence-corrected chi connectivity index (χ4v) is 4.49. The Balaban J connectivity index is 1.38. The Hall–Kier alpha value is -5.98. The van der Waals surface area contributed by atoms with Gasteiger partial charge in [0.15, 0.2) is 11.5 Å². The molecule has 0 bridgehead atoms. The molecule has 0 radical (unpaired) electrons. The van der Waals surface area contributed by atoms with Crippen molar-refractivity contribution in [2.75, 3.05) is 25.8 Å². The first-order valence-corrected chi connectivity index (χ1v) is 13.2. The molecule has 43 heavy (non-hydrogen) atoms. The average molecular weight is 579 g/mol. The van der Waals surface area contributed by atoms with Crippen LogP contribution >= 0.6 is 0 Å². The zero-order valence-corrected chi connectivity index (χ0v) is 23.2. The van der Waals surface area contributed by atoms with Gasteiger partial charge in [0.25, 0.3) is 0 Å². The van der Waals surface area contributed by atoms with Gasteiger partial charge >= 0.3 is 6.03 Å². The molecule has 0 fully saturated rings. The third-order valence-electron chi connectivity index (χ3n) is 6.48. The maximum Gasteiger partial charge on any atom is 0.319 e. The summed E-state index contributed by atoms with van der Waals surface area (Å²) < 4.78 is 22.7. The molecule has 5 aromatic rings. The number of hydrogen-bond donors (Lipinski definition) is 3. The van der Waals surface area contributed by atoms with E-state index >= 15 is 0 Å². The first-order chi connectivity index (χ1) is 21.1. The van der Waals surface area contributed by atoms with Crippen molar-refractivity contribution in [1.29, 1.82) is 0 Å². The highest BCUT2D eigenvalue weighted by molar-refractivity contribution is 5.91. The van der Waals surface area contributed by atoms with Gasteiger partial charge in [-0.25, -0.2) is 9.78 Å². The number of aromatic nitrogens is 6. The molecule has 1 aliphatic heterocycles. The van der Waals surface area contributed by atoms with Crippen LogP contribution in [-0.2, 0) is 0 Å². The lowest BCUT2D eigenvalue weighted by Crippen LogP contribution is -2.28. The third kappa shape index (κ3) is 6.05. The molecule has 1 aliphatic rings. The molecule has 216 valence electrons. The molecule has 0 atom stereocenters. The largest absolute Gasteiger partial charge is 0.497 e. The van der Waals surface area contributed by atoms with E-state index in [1.807, 2.05) is 43.3 Å². The van der Waals surface area contributed by atoms with E-state index in [1.54, 1.807) is 49.8 Å². The topological polar surface area (TPSA) is 158 Å². The monoisotopic (exact) mass is 578 g/mol. The zero-order chi connectivity index (χ0) is 29.6. The number of nitrogens with one attached hydrogen (secondary N) is 3. The molecule has 6 rings (SSSR count). The number of fused-ring (bicyclic) bond motifs is 1. The molecular weight excluding hydrogens is 552 g/mol. The summed E-state index contributed by atoms with van der Waals surface area (Å²) in [6, 6.07) is 16.0. The van der Waals surface area contributed by atoms with E-state index in [9.17, 15) is 4.79 Å². The highest BCUT2D eigenvalue weighted by atomic mass is 16.7. The van der Waals surface area contributed by atoms with E-state index in [0.29, 0.717) is 39.9 Å². The number of anilines is 1. The lowest BCUT2D eigenvalue weighted by atomic mass is 9.93. The minimum absolute atomic E-state index is 0.146. The molecular formula is C30H26N8O5. The van der Waals surface area contributed by atoms with E-state index < -0.39 is 0 Å². The van der Waals surface area contributed by atoms with Gasteiger partial charge in [0.1, 0.15) is 11.5 Å². The Kier molecular flexibility index (Phi) is 7.76. The second-order valence-corrected chi connectivity index (χ2v) is 9.23. The molecule has 0 spiro atoms. The van der Waals surface area contributed by atoms with Gasteiger partial charge in [-0.05, 0) is 54.1 Å². The molecule has 2 aromatic carbocycles. The van der Waals surface area contributed by atoms with Crippen molar-refractivity contribution in [3.05, 3.63) is 84.3 Å². The second-order valence-electron chi connectivity index (χ2n) is 9.23. The number of aromatic amines is 1. The van der Waals surface area contributed by atoms with Crippen molar-refractivity contribution < 1.29 is 23.7 Å². The second kappa shape index (κ2) is 12.3. The Labute approximate surface area is 245 Å². The van der Waals surface area contributed by atoms with E-state index in [1.165, 1.54) is 0 Å². The van der Waals surface area contributed by atoms with Crippen LogP contribution in [0.15, 0.2) is 73.1 Å². The zero-order valence-electron chi connectivity index (χ0n) is 23.2. The summed E-state index contributed by atoms with van der Waals surface area (Å²) in [5, 5.41) is 20.4. The van der Waals surface area contributed by atoms with Crippen molar-refractivity contribution >= 4 is 17.8 Å². The number of methoxy groups -OCH3 is 1. The standard InChI is InChI=1S/C30H26N8O5/c1-18-23(6-4-14-32-30(39)34-20-5-3-13-31-16-20)26(19-7-9-21(40-2)10-8-19)27(28-35-37-38-36-28)29(33-18)43-22-11-12-24-25(15-22)42-17-41-24/h3-13,15-16H,14,17H2,1-2H3,(H2,32,34,39)(H,35,36,37,38). The van der Waals surface area contributed by atoms with Crippen molar-refractivity contribution in [3.8, 4) is 51.4 Å². The minimum atomic E-state index is -0.358. The van der Waals surface area contributed by atoms with Crippen molar-refractivity contribution in [1.82, 2.24) is 35.9 Å². The molecule has 3 aromatic heterocycles. The van der Waals surface area contributed by atoms with Crippen LogP contribution < -0.4 is 29.6 Å². The number of rotatable bonds is 9. The number of amides is 2. The van der Waals surface area contributed by atoms with E-state index in [2.05, 4.69) is 36.2 Å². The van der Waals surface area contributed by atoms with Gasteiger partial charge in [0, 0.05) is 35.6 Å². The number of nitrogens with zero attached hydrogens (tertiary/aromatic N) is 5. The Morgan fingerprint density at radius 3 is 2.67 bits per heavy atom. The van der Waals surface area contributed by atoms with Gasteiger partial charge in [-0.3, -0.25) is 4.98 Å². The van der Waals surface area contributed by atoms with E-state index in [0.717, 1.165) is 16.7 Å². The fraction of sp³-hybridized carbons (Fsp3) is 0.133. The van der Waals surface area contributed by atoms with Gasteiger partial charge in [0.2, 0.25) is 18.5 Å². The molecule has 4 heterocycles. The molecule has 0 unspecified atom stereocenters. The van der Waals surface area contributed by atoms with Gasteiger partial charge in [-0.1, -0.05) is 24.3 Å². The first-order valence-electron chi connectivity index (χ1n) is 13.2. The summed E-state index contributed by atoms with van der Waals surface area (Å²) in [7, 11) is 1.61. The van der Waals surface area contributed by atoms with Crippen LogP contribution in [0.25, 0.3) is 28.6 Å². The van der Waals surface area contributed by atoms with Crippen LogP contribution in [0, 0.1) is 6.92 Å². The maximum atomic E-state index is 12.4. The number of tetrazole rings is 1. The third-order valence-corrected chi connectivity index (χ3v) is 6.48. The fourth-order valence-electron chi connectivity index (χ4n) is 4.49. The SMILES string of the molecule is COc1ccc(-c2c(C=CCNC(=O)Nc3cccnc3)c(C)nc(Oc3ccc4c(c3)OCO4)c2-c2nn[nH]n2)cc1. The summed E-state index contributed by atoms with van der Waals surface area (Å²) in [6.45, 7) is 2.27. The lowest BCUT2D eigenvalue weighted by molar-refractivity contribution is 0.174. The smallest absolute Gasteiger partial charge is 0.319 e. The van der Waals surface area contributed by atoms with Crippen molar-refractivity contribution in [3.63, 3.8) is 0 Å². The van der Waals surface area contributed by atoms with Crippen LogP contribution in [0.2, 0.25) is 0 Å². The van der Waals surface area contributed by atoms with Crippen LogP contribution in [-0.4, -0.2) is 57.1 Å². The molecule has 2 amide bonds. The van der Waals surface area contributed by atoms with Crippen LogP contribution in [0.1, 0.15) is 11.3 Å².